The Balaban J connectivity index is 0.682. The van der Waals surface area contributed by atoms with Gasteiger partial charge < -0.3 is 35.1 Å². The number of methoxy groups -OCH3 is 1. The minimum Gasteiger partial charge on any atom is -0.494 e. The van der Waals surface area contributed by atoms with Crippen LogP contribution in [0.1, 0.15) is 52.8 Å². The molecule has 4 N–H and O–H groups in total. The van der Waals surface area contributed by atoms with E-state index in [2.05, 4.69) is 41.0 Å². The number of aromatic nitrogens is 2. The predicted octanol–water partition coefficient (Wildman–Crippen LogP) is 4.21. The van der Waals surface area contributed by atoms with E-state index in [4.69, 9.17) is 25.8 Å². The highest BCUT2D eigenvalue weighted by Crippen LogP contribution is 2.35. The number of ether oxygens (including phenoxy) is 3. The topological polar surface area (TPSA) is 217 Å². The highest BCUT2D eigenvalue weighted by molar-refractivity contribution is 6.31. The van der Waals surface area contributed by atoms with Gasteiger partial charge in [-0.3, -0.25) is 48.8 Å². The van der Waals surface area contributed by atoms with Crippen LogP contribution in [0, 0.1) is 5.82 Å². The van der Waals surface area contributed by atoms with Crippen molar-refractivity contribution in [2.45, 2.75) is 44.2 Å². The van der Waals surface area contributed by atoms with E-state index >= 15 is 0 Å². The first kappa shape index (κ1) is 48.9. The van der Waals surface area contributed by atoms with Crippen LogP contribution < -0.4 is 26.0 Å². The highest BCUT2D eigenvalue weighted by atomic mass is 35.5. The molecule has 21 heteroatoms. The molecule has 0 spiro atoms. The van der Waals surface area contributed by atoms with Crippen molar-refractivity contribution in [3.63, 3.8) is 0 Å². The van der Waals surface area contributed by atoms with Gasteiger partial charge in [0.2, 0.25) is 23.6 Å². The van der Waals surface area contributed by atoms with Gasteiger partial charge in [-0.15, -0.1) is 0 Å². The van der Waals surface area contributed by atoms with Gasteiger partial charge in [-0.1, -0.05) is 23.7 Å². The molecular formula is C48H54ClFN10O9. The number of piperazine rings is 1. The van der Waals surface area contributed by atoms with E-state index in [1.54, 1.807) is 36.4 Å². The maximum atomic E-state index is 13.7. The van der Waals surface area contributed by atoms with Crippen molar-refractivity contribution in [1.29, 1.82) is 0 Å². The van der Waals surface area contributed by atoms with Gasteiger partial charge in [-0.2, -0.15) is 0 Å². The van der Waals surface area contributed by atoms with Crippen LogP contribution in [-0.2, 0) is 28.7 Å². The van der Waals surface area contributed by atoms with E-state index in [-0.39, 0.29) is 53.8 Å². The summed E-state index contributed by atoms with van der Waals surface area (Å²) in [4.78, 5) is 92.6. The fourth-order valence-electron chi connectivity index (χ4n) is 9.01. The number of hydrogen-bond acceptors (Lipinski definition) is 15. The van der Waals surface area contributed by atoms with E-state index in [0.717, 1.165) is 43.9 Å². The van der Waals surface area contributed by atoms with Crippen LogP contribution in [0.25, 0.3) is 10.9 Å². The van der Waals surface area contributed by atoms with Gasteiger partial charge in [-0.25, -0.2) is 14.4 Å². The second kappa shape index (κ2) is 22.7. The lowest BCUT2D eigenvalue weighted by Crippen LogP contribution is -2.54. The number of imide groups is 2. The number of piperidine rings is 2. The molecule has 0 saturated carbocycles. The number of benzene rings is 3. The van der Waals surface area contributed by atoms with Crippen LogP contribution in [0.4, 0.5) is 27.3 Å². The molecule has 3 saturated heterocycles. The van der Waals surface area contributed by atoms with E-state index in [1.165, 1.54) is 31.6 Å². The monoisotopic (exact) mass is 968 g/mol. The van der Waals surface area contributed by atoms with Crippen LogP contribution in [0.3, 0.4) is 0 Å². The first-order valence-electron chi connectivity index (χ1n) is 23.0. The van der Waals surface area contributed by atoms with Gasteiger partial charge in [0, 0.05) is 80.6 Å². The maximum Gasteiger partial charge on any atom is 0.264 e. The third kappa shape index (κ3) is 11.8. The molecule has 69 heavy (non-hydrogen) atoms. The van der Waals surface area contributed by atoms with Crippen molar-refractivity contribution in [3.05, 3.63) is 89.0 Å². The van der Waals surface area contributed by atoms with Gasteiger partial charge in [0.1, 0.15) is 29.8 Å². The number of carbonyl (C=O) groups is 6. The second-order valence-corrected chi connectivity index (χ2v) is 17.4. The molecule has 4 aliphatic rings. The number of halogens is 2. The summed E-state index contributed by atoms with van der Waals surface area (Å²) in [5.74, 6) is -2.13. The fourth-order valence-corrected chi connectivity index (χ4v) is 9.19. The van der Waals surface area contributed by atoms with Crippen molar-refractivity contribution in [2.75, 3.05) is 102 Å². The molecule has 6 amide bonds. The number of nitrogens with one attached hydrogen (secondary N) is 4. The van der Waals surface area contributed by atoms with Crippen molar-refractivity contribution >= 4 is 80.8 Å². The maximum absolute atomic E-state index is 13.7. The number of carbonyl (C=O) groups excluding carboxylic acids is 6. The van der Waals surface area contributed by atoms with E-state index < -0.39 is 35.5 Å². The van der Waals surface area contributed by atoms with Crippen molar-refractivity contribution in [3.8, 4) is 5.75 Å². The van der Waals surface area contributed by atoms with Crippen LogP contribution in [-0.4, -0.2) is 163 Å². The summed E-state index contributed by atoms with van der Waals surface area (Å²) in [6.45, 7) is 6.94. The molecule has 0 aliphatic carbocycles. The third-order valence-corrected chi connectivity index (χ3v) is 12.9. The molecule has 3 aromatic carbocycles. The number of nitrogens with zero attached hydrogens (tertiary/aromatic N) is 6. The Hall–Kier alpha value is -6.58. The number of fused-ring (bicyclic) bond motifs is 2. The van der Waals surface area contributed by atoms with E-state index in [0.29, 0.717) is 91.6 Å². The molecule has 5 heterocycles. The third-order valence-electron chi connectivity index (χ3n) is 12.6. The van der Waals surface area contributed by atoms with Crippen molar-refractivity contribution in [1.82, 2.24) is 34.9 Å². The molecule has 4 aromatic rings. The quantitative estimate of drug-likeness (QED) is 0.0588. The van der Waals surface area contributed by atoms with E-state index in [9.17, 15) is 33.2 Å². The van der Waals surface area contributed by atoms with Crippen LogP contribution in [0.15, 0.2) is 67.0 Å². The first-order valence-corrected chi connectivity index (χ1v) is 23.4. The molecule has 19 nitrogen and oxygen atoms in total. The van der Waals surface area contributed by atoms with Gasteiger partial charge in [0.05, 0.1) is 67.3 Å². The number of hydrogen-bond donors (Lipinski definition) is 4. The van der Waals surface area contributed by atoms with Gasteiger partial charge >= 0.3 is 0 Å². The molecule has 364 valence electrons. The summed E-state index contributed by atoms with van der Waals surface area (Å²) in [5, 5.41) is 12.0. The Morgan fingerprint density at radius 1 is 0.899 bits per heavy atom. The molecule has 1 unspecified atom stereocenters. The van der Waals surface area contributed by atoms with Gasteiger partial charge in [-0.05, 0) is 68.8 Å². The minimum atomic E-state index is -1.03. The summed E-state index contributed by atoms with van der Waals surface area (Å²) in [5.41, 5.74) is 2.40. The molecular weight excluding hydrogens is 915 g/mol. The molecule has 8 rings (SSSR count). The molecule has 3 fully saturated rings. The zero-order valence-corrected chi connectivity index (χ0v) is 38.9. The van der Waals surface area contributed by atoms with Crippen molar-refractivity contribution < 1.29 is 47.4 Å². The largest absolute Gasteiger partial charge is 0.494 e. The Morgan fingerprint density at radius 3 is 2.43 bits per heavy atom. The molecule has 0 bridgehead atoms. The minimum absolute atomic E-state index is 0.0269. The van der Waals surface area contributed by atoms with Crippen LogP contribution in [0.2, 0.25) is 5.02 Å². The number of likely N-dealkylation sites (tertiary alicyclic amines) is 1. The molecule has 4 aliphatic heterocycles. The summed E-state index contributed by atoms with van der Waals surface area (Å²) in [7, 11) is 1.51. The number of rotatable bonds is 19. The molecule has 0 radical (unpaired) electrons. The highest BCUT2D eigenvalue weighted by Gasteiger charge is 2.45. The zero-order valence-electron chi connectivity index (χ0n) is 38.1. The summed E-state index contributed by atoms with van der Waals surface area (Å²) in [6, 6.07) is 12.0. The van der Waals surface area contributed by atoms with Crippen LogP contribution in [0.5, 0.6) is 5.75 Å². The number of amides is 6. The van der Waals surface area contributed by atoms with E-state index in [1.807, 2.05) is 11.0 Å². The second-order valence-electron chi connectivity index (χ2n) is 17.0. The summed E-state index contributed by atoms with van der Waals surface area (Å²) in [6.07, 6.45) is 7.18. The lowest BCUT2D eigenvalue weighted by molar-refractivity contribution is -0.136. The van der Waals surface area contributed by atoms with Crippen LogP contribution >= 0.6 is 11.6 Å². The lowest BCUT2D eigenvalue weighted by atomic mass is 10.0. The standard InChI is InChI=1S/C48H54ClFN10O9/c1-67-40-28-37-33(45(53-29-52-37)54-30-7-8-35(50)34(49)26-30)27-38(40)55-41(61)6-3-15-57-16-11-31(12-17-57)58-18-20-59(21-19-58)43(63)13-22-68-24-25-69-23-14-51-36-5-2-4-32-44(36)48(66)60(47(32)65)39-9-10-42(62)56-46(39)64/h2-8,26-29,31,39,51H,9-25H2,1H3,(H,55,61)(H,52,53,54)(H,56,62,64)/b6-3+. The smallest absolute Gasteiger partial charge is 0.264 e. The Labute approximate surface area is 402 Å². The summed E-state index contributed by atoms with van der Waals surface area (Å²) >= 11 is 5.97. The average Bonchev–Trinajstić information content (AvgIpc) is 3.60. The summed E-state index contributed by atoms with van der Waals surface area (Å²) < 4.78 is 30.6. The molecule has 1 aromatic heterocycles. The first-order chi connectivity index (χ1) is 33.5. The fraction of sp³-hybridized carbons (Fsp3) is 0.417. The normalized spacial score (nSPS) is 18.2. The Morgan fingerprint density at radius 2 is 1.68 bits per heavy atom. The van der Waals surface area contributed by atoms with Crippen molar-refractivity contribution in [2.24, 2.45) is 0 Å². The SMILES string of the molecule is COc1cc2ncnc(Nc3ccc(F)c(Cl)c3)c2cc1NC(=O)/C=C/CN1CCC(N2CCN(C(=O)CCOCCOCCNc3cccc4c3C(=O)N(C3CCC(=O)NC3=O)C4=O)CC2)CC1. The lowest BCUT2D eigenvalue weighted by Gasteiger charge is -2.42. The Bertz CT molecular complexity index is 2620. The van der Waals surface area contributed by atoms with Gasteiger partial charge in [0.15, 0.2) is 0 Å². The zero-order chi connectivity index (χ0) is 48.4. The number of anilines is 4. The molecule has 1 atom stereocenters. The predicted molar refractivity (Wildman–Crippen MR) is 254 cm³/mol. The Kier molecular flexibility index (Phi) is 16.1. The average molecular weight is 969 g/mol. The van der Waals surface area contributed by atoms with Gasteiger partial charge in [0.25, 0.3) is 11.8 Å².